The summed E-state index contributed by atoms with van der Waals surface area (Å²) >= 11 is 0. The molecule has 1 aromatic rings. The Bertz CT molecular complexity index is 699. The maximum Gasteiger partial charge on any atom is 0.336 e. The first-order valence-corrected chi connectivity index (χ1v) is 9.83. The van der Waals surface area contributed by atoms with Crippen molar-refractivity contribution in [2.45, 2.75) is 77.2 Å². The molecule has 140 valence electrons. The summed E-state index contributed by atoms with van der Waals surface area (Å²) in [5, 5.41) is 2.83. The molecule has 1 aliphatic heterocycles. The Hall–Kier alpha value is -2.10. The number of esters is 1. The highest BCUT2D eigenvalue weighted by Gasteiger charge is 2.34. The Balaban J connectivity index is 1.83. The number of amides is 1. The molecule has 1 saturated carbocycles. The minimum absolute atomic E-state index is 0.00162. The zero-order chi connectivity index (χ0) is 18.5. The third kappa shape index (κ3) is 4.35. The smallest absolute Gasteiger partial charge is 0.336 e. The van der Waals surface area contributed by atoms with Gasteiger partial charge in [-0.3, -0.25) is 4.79 Å². The number of benzene rings is 1. The molecular weight excluding hydrogens is 326 g/mol. The number of allylic oxidation sites excluding steroid dienone is 1. The topological polar surface area (TPSA) is 55.4 Å². The van der Waals surface area contributed by atoms with E-state index < -0.39 is 0 Å². The highest BCUT2D eigenvalue weighted by Crippen LogP contribution is 2.35. The van der Waals surface area contributed by atoms with Gasteiger partial charge in [-0.1, -0.05) is 43.5 Å². The summed E-state index contributed by atoms with van der Waals surface area (Å²) in [6.07, 6.45) is 8.14. The first kappa shape index (κ1) is 18.7. The summed E-state index contributed by atoms with van der Waals surface area (Å²) in [6.45, 7) is 3.83. The Morgan fingerprint density at radius 1 is 1.04 bits per heavy atom. The number of aryl methyl sites for hydroxylation is 1. The molecule has 1 amide bonds. The fourth-order valence-corrected chi connectivity index (χ4v) is 4.17. The largest absolute Gasteiger partial charge is 0.459 e. The quantitative estimate of drug-likeness (QED) is 0.811. The van der Waals surface area contributed by atoms with Crippen molar-refractivity contribution < 1.29 is 14.3 Å². The van der Waals surface area contributed by atoms with Crippen molar-refractivity contribution in [3.8, 4) is 0 Å². The van der Waals surface area contributed by atoms with Crippen molar-refractivity contribution in [3.63, 3.8) is 0 Å². The van der Waals surface area contributed by atoms with E-state index in [-0.39, 0.29) is 30.3 Å². The second-order valence-corrected chi connectivity index (χ2v) is 7.57. The minimum atomic E-state index is -0.263. The van der Waals surface area contributed by atoms with E-state index in [0.717, 1.165) is 36.8 Å². The van der Waals surface area contributed by atoms with E-state index in [9.17, 15) is 9.59 Å². The van der Waals surface area contributed by atoms with Crippen molar-refractivity contribution >= 4 is 11.9 Å². The summed E-state index contributed by atoms with van der Waals surface area (Å²) in [5.41, 5.74) is 3.37. The van der Waals surface area contributed by atoms with Gasteiger partial charge < -0.3 is 10.1 Å². The van der Waals surface area contributed by atoms with Crippen LogP contribution in [0, 0.1) is 6.92 Å². The minimum Gasteiger partial charge on any atom is -0.459 e. The Labute approximate surface area is 156 Å². The van der Waals surface area contributed by atoms with Crippen LogP contribution in [-0.4, -0.2) is 18.0 Å². The molecule has 4 heteroatoms. The molecule has 0 spiro atoms. The molecule has 0 bridgehead atoms. The van der Waals surface area contributed by atoms with Crippen LogP contribution in [0.1, 0.15) is 75.3 Å². The van der Waals surface area contributed by atoms with Crippen LogP contribution in [0.5, 0.6) is 0 Å². The first-order valence-electron chi connectivity index (χ1n) is 9.83. The maximum atomic E-state index is 13.0. The summed E-state index contributed by atoms with van der Waals surface area (Å²) in [7, 11) is 0. The van der Waals surface area contributed by atoms with Gasteiger partial charge in [-0.25, -0.2) is 4.79 Å². The fraction of sp³-hybridized carbons (Fsp3) is 0.545. The van der Waals surface area contributed by atoms with Crippen LogP contribution < -0.4 is 5.32 Å². The van der Waals surface area contributed by atoms with Crippen LogP contribution >= 0.6 is 0 Å². The van der Waals surface area contributed by atoms with E-state index in [1.54, 1.807) is 6.92 Å². The van der Waals surface area contributed by atoms with E-state index >= 15 is 0 Å². The Morgan fingerprint density at radius 2 is 1.69 bits per heavy atom. The molecule has 1 atom stereocenters. The third-order valence-electron chi connectivity index (χ3n) is 5.58. The van der Waals surface area contributed by atoms with Crippen molar-refractivity contribution in [2.75, 3.05) is 0 Å². The van der Waals surface area contributed by atoms with Crippen LogP contribution in [0.15, 0.2) is 35.5 Å². The maximum absolute atomic E-state index is 13.0. The lowest BCUT2D eigenvalue weighted by atomic mass is 9.82. The second-order valence-electron chi connectivity index (χ2n) is 7.57. The zero-order valence-electron chi connectivity index (χ0n) is 15.8. The molecule has 2 aliphatic rings. The van der Waals surface area contributed by atoms with Gasteiger partial charge in [0.15, 0.2) is 0 Å². The normalized spacial score (nSPS) is 22.4. The lowest BCUT2D eigenvalue weighted by Crippen LogP contribution is -2.35. The van der Waals surface area contributed by atoms with Crippen molar-refractivity contribution in [2.24, 2.45) is 0 Å². The van der Waals surface area contributed by atoms with Gasteiger partial charge in [0.25, 0.3) is 0 Å². The van der Waals surface area contributed by atoms with Gasteiger partial charge in [0.1, 0.15) is 6.10 Å². The average molecular weight is 355 g/mol. The highest BCUT2D eigenvalue weighted by molar-refractivity contribution is 5.96. The fourth-order valence-electron chi connectivity index (χ4n) is 4.17. The van der Waals surface area contributed by atoms with Crippen LogP contribution in [0.2, 0.25) is 0 Å². The molecule has 26 heavy (non-hydrogen) atoms. The van der Waals surface area contributed by atoms with Crippen LogP contribution in [0.3, 0.4) is 0 Å². The van der Waals surface area contributed by atoms with Crippen molar-refractivity contribution in [1.82, 2.24) is 5.32 Å². The van der Waals surface area contributed by atoms with Crippen LogP contribution in [0.25, 0.3) is 0 Å². The number of ether oxygens (including phenoxy) is 1. The van der Waals surface area contributed by atoms with Gasteiger partial charge >= 0.3 is 5.97 Å². The first-order chi connectivity index (χ1) is 12.6. The molecule has 3 rings (SSSR count). The molecule has 1 heterocycles. The third-order valence-corrected chi connectivity index (χ3v) is 5.58. The predicted octanol–water partition coefficient (Wildman–Crippen LogP) is 4.53. The van der Waals surface area contributed by atoms with Gasteiger partial charge in [-0.05, 0) is 50.7 Å². The molecule has 0 saturated heterocycles. The van der Waals surface area contributed by atoms with E-state index in [1.807, 2.05) is 31.2 Å². The number of hydrogen-bond donors (Lipinski definition) is 1. The van der Waals surface area contributed by atoms with Gasteiger partial charge in [-0.2, -0.15) is 0 Å². The summed E-state index contributed by atoms with van der Waals surface area (Å²) in [5.74, 6) is -0.536. The van der Waals surface area contributed by atoms with Gasteiger partial charge in [0.2, 0.25) is 5.91 Å². The van der Waals surface area contributed by atoms with E-state index in [0.29, 0.717) is 11.3 Å². The van der Waals surface area contributed by atoms with Gasteiger partial charge in [0.05, 0.1) is 5.57 Å². The SMILES string of the molecule is CC1=C(C(=O)OC2CCCCCCC2)[C@H](c2ccccc2C)CC(=O)N1. The lowest BCUT2D eigenvalue weighted by molar-refractivity contribution is -0.145. The number of carbonyl (C=O) groups is 2. The molecule has 0 unspecified atom stereocenters. The van der Waals surface area contributed by atoms with E-state index in [4.69, 9.17) is 4.74 Å². The summed E-state index contributed by atoms with van der Waals surface area (Å²) in [6, 6.07) is 7.97. The Morgan fingerprint density at radius 3 is 2.38 bits per heavy atom. The predicted molar refractivity (Wildman–Crippen MR) is 102 cm³/mol. The highest BCUT2D eigenvalue weighted by atomic mass is 16.5. The summed E-state index contributed by atoms with van der Waals surface area (Å²) < 4.78 is 5.92. The monoisotopic (exact) mass is 355 g/mol. The summed E-state index contributed by atoms with van der Waals surface area (Å²) in [4.78, 5) is 25.2. The standard InChI is InChI=1S/C22H29NO3/c1-15-10-8-9-13-18(15)19-14-20(24)23-16(2)21(19)22(25)26-17-11-6-4-3-5-7-12-17/h8-10,13,17,19H,3-7,11-12,14H2,1-2H3,(H,23,24)/t19-/m0/s1. The molecule has 1 fully saturated rings. The van der Waals surface area contributed by atoms with Crippen molar-refractivity contribution in [1.29, 1.82) is 0 Å². The van der Waals surface area contributed by atoms with Crippen molar-refractivity contribution in [3.05, 3.63) is 46.7 Å². The Kier molecular flexibility index (Phi) is 6.12. The van der Waals surface area contributed by atoms with Crippen LogP contribution in [0.4, 0.5) is 0 Å². The molecule has 0 aromatic heterocycles. The zero-order valence-corrected chi connectivity index (χ0v) is 15.8. The number of rotatable bonds is 3. The molecule has 0 radical (unpaired) electrons. The molecule has 1 aliphatic carbocycles. The molecule has 1 aromatic carbocycles. The number of hydrogen-bond acceptors (Lipinski definition) is 3. The molecule has 4 nitrogen and oxygen atoms in total. The number of carbonyl (C=O) groups excluding carboxylic acids is 2. The van der Waals surface area contributed by atoms with Gasteiger partial charge in [0, 0.05) is 18.0 Å². The van der Waals surface area contributed by atoms with E-state index in [2.05, 4.69) is 5.32 Å². The number of nitrogens with one attached hydrogen (secondary N) is 1. The van der Waals surface area contributed by atoms with E-state index in [1.165, 1.54) is 19.3 Å². The van der Waals surface area contributed by atoms with Gasteiger partial charge in [-0.15, -0.1) is 0 Å². The molecular formula is C22H29NO3. The van der Waals surface area contributed by atoms with Crippen LogP contribution in [-0.2, 0) is 14.3 Å². The lowest BCUT2D eigenvalue weighted by Gasteiger charge is -2.29. The molecule has 1 N–H and O–H groups in total. The average Bonchev–Trinajstić information content (AvgIpc) is 2.56. The second kappa shape index (κ2) is 8.52.